The van der Waals surface area contributed by atoms with Gasteiger partial charge in [-0.15, -0.1) is 5.10 Å². The number of piperazine rings is 1. The lowest BCUT2D eigenvalue weighted by molar-refractivity contribution is -0.137. The van der Waals surface area contributed by atoms with E-state index < -0.39 is 17.6 Å². The molecule has 2 N–H and O–H groups in total. The number of aryl methyl sites for hydroxylation is 2. The highest BCUT2D eigenvalue weighted by molar-refractivity contribution is 5.91. The van der Waals surface area contributed by atoms with Crippen LogP contribution in [0.2, 0.25) is 0 Å². The summed E-state index contributed by atoms with van der Waals surface area (Å²) in [4.78, 5) is 38.0. The largest absolute Gasteiger partial charge is 0.416 e. The van der Waals surface area contributed by atoms with Gasteiger partial charge in [-0.25, -0.2) is 0 Å². The second-order valence-electron chi connectivity index (χ2n) is 9.69. The molecule has 0 bridgehead atoms. The second-order valence-corrected chi connectivity index (χ2v) is 9.69. The van der Waals surface area contributed by atoms with Crippen LogP contribution in [-0.2, 0) is 23.9 Å². The lowest BCUT2D eigenvalue weighted by Gasteiger charge is -2.31. The van der Waals surface area contributed by atoms with Gasteiger partial charge in [0.1, 0.15) is 12.2 Å². The van der Waals surface area contributed by atoms with E-state index in [9.17, 15) is 22.8 Å². The fraction of sp³-hybridized carbons (Fsp3) is 0.370. The van der Waals surface area contributed by atoms with Crippen LogP contribution in [0.25, 0.3) is 17.2 Å². The molecular weight excluding hydrogens is 525 g/mol. The van der Waals surface area contributed by atoms with Crippen molar-refractivity contribution in [2.45, 2.75) is 39.9 Å². The monoisotopic (exact) mass is 554 g/mol. The number of halogens is 3. The van der Waals surface area contributed by atoms with Crippen LogP contribution < -0.4 is 21.1 Å². The average Bonchev–Trinajstić information content (AvgIpc) is 3.37. The summed E-state index contributed by atoms with van der Waals surface area (Å²) in [5, 5.41) is 10.5. The van der Waals surface area contributed by atoms with Gasteiger partial charge in [-0.2, -0.15) is 22.7 Å². The number of fused-ring (bicyclic) bond motifs is 1. The van der Waals surface area contributed by atoms with E-state index in [-0.39, 0.29) is 35.0 Å². The molecule has 1 aromatic carbocycles. The summed E-state index contributed by atoms with van der Waals surface area (Å²) < 4.78 is 42.2. The van der Waals surface area contributed by atoms with Gasteiger partial charge < -0.3 is 20.1 Å². The summed E-state index contributed by atoms with van der Waals surface area (Å²) in [7, 11) is 0. The number of pyridine rings is 1. The van der Waals surface area contributed by atoms with Gasteiger partial charge in [-0.3, -0.25) is 14.6 Å². The number of rotatable bonds is 6. The molecule has 0 spiro atoms. The molecule has 5 rings (SSSR count). The van der Waals surface area contributed by atoms with Gasteiger partial charge >= 0.3 is 6.18 Å². The Morgan fingerprint density at radius 3 is 2.50 bits per heavy atom. The first-order valence-electron chi connectivity index (χ1n) is 13.0. The van der Waals surface area contributed by atoms with Crippen molar-refractivity contribution in [1.82, 2.24) is 29.5 Å². The Bertz CT molecular complexity index is 1620. The number of carbonyl (C=O) groups excluding carboxylic acids is 1. The topological polar surface area (TPSA) is 109 Å². The van der Waals surface area contributed by atoms with Crippen molar-refractivity contribution in [3.05, 3.63) is 69.4 Å². The Kier molecular flexibility index (Phi) is 7.32. The molecule has 40 heavy (non-hydrogen) atoms. The number of carbonyl (C=O) groups is 1. The number of hydrogen-bond acceptors (Lipinski definition) is 7. The lowest BCUT2D eigenvalue weighted by atomic mass is 10.1. The molecule has 10 nitrogen and oxygen atoms in total. The molecule has 4 aromatic rings. The highest BCUT2D eigenvalue weighted by Crippen LogP contribution is 2.31. The molecule has 0 unspecified atom stereocenters. The molecule has 3 aromatic heterocycles. The third-order valence-corrected chi connectivity index (χ3v) is 6.89. The minimum absolute atomic E-state index is 0.190. The average molecular weight is 555 g/mol. The van der Waals surface area contributed by atoms with E-state index >= 15 is 0 Å². The third-order valence-electron chi connectivity index (χ3n) is 6.89. The standard InChI is InChI=1S/C27H29F3N8O2/c1-4-21-23(36-11-9-31-10-12-36)25(40)38-26(34-24(35-38)18-6-5-17(3)32-14-18)37(21)15-22(39)33-20-8-7-19(13-16(20)2)27(28,29)30/h5-8,13-14,31H,4,9-12,15H2,1-3H3,(H,33,39). The van der Waals surface area contributed by atoms with Crippen LogP contribution in [0.5, 0.6) is 0 Å². The first-order valence-corrected chi connectivity index (χ1v) is 13.0. The lowest BCUT2D eigenvalue weighted by Crippen LogP contribution is -2.47. The molecular formula is C27H29F3N8O2. The Hall–Kier alpha value is -4.26. The number of anilines is 2. The second kappa shape index (κ2) is 10.7. The first kappa shape index (κ1) is 27.3. The maximum Gasteiger partial charge on any atom is 0.416 e. The van der Waals surface area contributed by atoms with E-state index in [0.717, 1.165) is 17.8 Å². The van der Waals surface area contributed by atoms with Crippen molar-refractivity contribution in [2.24, 2.45) is 0 Å². The molecule has 1 saturated heterocycles. The third kappa shape index (κ3) is 5.28. The minimum atomic E-state index is -4.48. The Morgan fingerprint density at radius 2 is 1.88 bits per heavy atom. The Morgan fingerprint density at radius 1 is 1.12 bits per heavy atom. The van der Waals surface area contributed by atoms with Gasteiger partial charge in [0.25, 0.3) is 5.56 Å². The molecule has 13 heteroatoms. The number of hydrogen-bond donors (Lipinski definition) is 2. The van der Waals surface area contributed by atoms with Gasteiger partial charge in [0.2, 0.25) is 11.7 Å². The fourth-order valence-electron chi connectivity index (χ4n) is 4.85. The van der Waals surface area contributed by atoms with Crippen LogP contribution in [-0.4, -0.2) is 56.2 Å². The van der Waals surface area contributed by atoms with E-state index in [2.05, 4.69) is 25.7 Å². The van der Waals surface area contributed by atoms with Crippen LogP contribution in [0.15, 0.2) is 41.3 Å². The number of benzene rings is 1. The molecule has 1 aliphatic heterocycles. The smallest absolute Gasteiger partial charge is 0.363 e. The normalized spacial score (nSPS) is 14.1. The number of amides is 1. The first-order chi connectivity index (χ1) is 19.1. The van der Waals surface area contributed by atoms with Crippen molar-refractivity contribution in [2.75, 3.05) is 36.4 Å². The van der Waals surface area contributed by atoms with Crippen molar-refractivity contribution in [3.63, 3.8) is 0 Å². The predicted octanol–water partition coefficient (Wildman–Crippen LogP) is 3.20. The highest BCUT2D eigenvalue weighted by Gasteiger charge is 2.31. The SMILES string of the molecule is CCc1c(N2CCNCC2)c(=O)n2nc(-c3ccc(C)nc3)nc2n1CC(=O)Nc1ccc(C(F)(F)F)cc1C. The molecule has 1 aliphatic rings. The molecule has 0 aliphatic carbocycles. The molecule has 4 heterocycles. The number of alkyl halides is 3. The van der Waals surface area contributed by atoms with Gasteiger partial charge in [-0.1, -0.05) is 6.92 Å². The molecule has 0 atom stereocenters. The number of nitrogens with one attached hydrogen (secondary N) is 2. The van der Waals surface area contributed by atoms with E-state index in [4.69, 9.17) is 0 Å². The Balaban J connectivity index is 1.59. The maximum atomic E-state index is 13.8. The van der Waals surface area contributed by atoms with Crippen LogP contribution in [0.3, 0.4) is 0 Å². The van der Waals surface area contributed by atoms with Crippen LogP contribution in [0.4, 0.5) is 24.5 Å². The van der Waals surface area contributed by atoms with Crippen molar-refractivity contribution < 1.29 is 18.0 Å². The van der Waals surface area contributed by atoms with Crippen LogP contribution in [0.1, 0.15) is 29.4 Å². The molecule has 1 amide bonds. The summed E-state index contributed by atoms with van der Waals surface area (Å²) in [5.74, 6) is 0.00313. The zero-order valence-corrected chi connectivity index (χ0v) is 22.3. The van der Waals surface area contributed by atoms with Gasteiger partial charge in [0.15, 0.2) is 5.82 Å². The quantitative estimate of drug-likeness (QED) is 0.377. The number of nitrogens with zero attached hydrogens (tertiary/aromatic N) is 6. The predicted molar refractivity (Wildman–Crippen MR) is 144 cm³/mol. The minimum Gasteiger partial charge on any atom is -0.363 e. The zero-order valence-electron chi connectivity index (χ0n) is 22.3. The summed E-state index contributed by atoms with van der Waals surface area (Å²) >= 11 is 0. The summed E-state index contributed by atoms with van der Waals surface area (Å²) in [6, 6.07) is 6.79. The summed E-state index contributed by atoms with van der Waals surface area (Å²) in [6.07, 6.45) is -2.42. The number of aromatic nitrogens is 5. The van der Waals surface area contributed by atoms with E-state index in [1.54, 1.807) is 10.8 Å². The van der Waals surface area contributed by atoms with E-state index in [1.807, 2.05) is 30.9 Å². The molecule has 0 saturated carbocycles. The van der Waals surface area contributed by atoms with Gasteiger partial charge in [0, 0.05) is 49.3 Å². The van der Waals surface area contributed by atoms with Crippen molar-refractivity contribution in [3.8, 4) is 11.4 Å². The van der Waals surface area contributed by atoms with Gasteiger partial charge in [0.05, 0.1) is 11.3 Å². The zero-order chi connectivity index (χ0) is 28.6. The van der Waals surface area contributed by atoms with E-state index in [1.165, 1.54) is 17.5 Å². The molecule has 210 valence electrons. The van der Waals surface area contributed by atoms with Crippen LogP contribution >= 0.6 is 0 Å². The van der Waals surface area contributed by atoms with Crippen molar-refractivity contribution >= 4 is 23.1 Å². The van der Waals surface area contributed by atoms with E-state index in [0.29, 0.717) is 49.5 Å². The fourth-order valence-corrected chi connectivity index (χ4v) is 4.85. The summed E-state index contributed by atoms with van der Waals surface area (Å²) in [6.45, 7) is 7.64. The molecule has 0 radical (unpaired) electrons. The Labute approximate surface area is 227 Å². The summed E-state index contributed by atoms with van der Waals surface area (Å²) in [5.41, 5.74) is 1.94. The van der Waals surface area contributed by atoms with Gasteiger partial charge in [-0.05, 0) is 56.2 Å². The molecule has 1 fully saturated rings. The maximum absolute atomic E-state index is 13.8. The van der Waals surface area contributed by atoms with Crippen molar-refractivity contribution in [1.29, 1.82) is 0 Å². The van der Waals surface area contributed by atoms with Crippen LogP contribution in [0, 0.1) is 13.8 Å². The highest BCUT2D eigenvalue weighted by atomic mass is 19.4.